The first-order valence-corrected chi connectivity index (χ1v) is 11.9. The molecule has 1 aliphatic heterocycles. The van der Waals surface area contributed by atoms with Crippen LogP contribution in [0.4, 0.5) is 15.0 Å². The van der Waals surface area contributed by atoms with Crippen molar-refractivity contribution in [3.8, 4) is 5.75 Å². The molecule has 0 spiro atoms. The van der Waals surface area contributed by atoms with Crippen molar-refractivity contribution in [3.05, 3.63) is 41.8 Å². The number of carbonyl (C=O) groups is 2. The lowest BCUT2D eigenvalue weighted by Crippen LogP contribution is -2.31. The molecule has 2 aliphatic rings. The third-order valence-corrected chi connectivity index (χ3v) is 6.70. The van der Waals surface area contributed by atoms with Crippen LogP contribution in [0.2, 0.25) is 0 Å². The van der Waals surface area contributed by atoms with Gasteiger partial charge in [-0.3, -0.25) is 19.7 Å². The zero-order valence-electron chi connectivity index (χ0n) is 17.5. The summed E-state index contributed by atoms with van der Waals surface area (Å²) in [6.45, 7) is 2.05. The number of urea groups is 1. The van der Waals surface area contributed by atoms with E-state index in [9.17, 15) is 22.4 Å². The van der Waals surface area contributed by atoms with Crippen molar-refractivity contribution in [3.63, 3.8) is 0 Å². The van der Waals surface area contributed by atoms with Crippen molar-refractivity contribution in [1.82, 2.24) is 19.8 Å². The summed E-state index contributed by atoms with van der Waals surface area (Å²) in [7, 11) is -3.69. The van der Waals surface area contributed by atoms with Gasteiger partial charge in [-0.05, 0) is 43.4 Å². The largest absolute Gasteiger partial charge is 0.490 e. The summed E-state index contributed by atoms with van der Waals surface area (Å²) in [6, 6.07) is 4.69. The molecule has 172 valence electrons. The topological polar surface area (TPSA) is 123 Å². The smallest absolute Gasteiger partial charge is 0.330 e. The van der Waals surface area contributed by atoms with Crippen LogP contribution in [0.25, 0.3) is 0 Å². The first-order chi connectivity index (χ1) is 15.2. The van der Waals surface area contributed by atoms with Gasteiger partial charge in [-0.15, -0.1) is 0 Å². The number of halogens is 1. The molecule has 2 N–H and O–H groups in total. The molecule has 2 fully saturated rings. The van der Waals surface area contributed by atoms with E-state index in [-0.39, 0.29) is 30.4 Å². The Kier molecular flexibility index (Phi) is 6.15. The quantitative estimate of drug-likeness (QED) is 0.514. The van der Waals surface area contributed by atoms with E-state index in [0.29, 0.717) is 18.1 Å². The van der Waals surface area contributed by atoms with E-state index in [1.165, 1.54) is 40.0 Å². The fourth-order valence-corrected chi connectivity index (χ4v) is 4.47. The van der Waals surface area contributed by atoms with Crippen LogP contribution in [0.15, 0.2) is 30.5 Å². The summed E-state index contributed by atoms with van der Waals surface area (Å²) < 4.78 is 48.6. The summed E-state index contributed by atoms with van der Waals surface area (Å²) >= 11 is 0. The number of ether oxygens (including phenoxy) is 1. The van der Waals surface area contributed by atoms with Gasteiger partial charge in [0.1, 0.15) is 6.54 Å². The Morgan fingerprint density at radius 3 is 2.78 bits per heavy atom. The molecule has 2 aromatic rings. The second-order valence-electron chi connectivity index (χ2n) is 7.98. The van der Waals surface area contributed by atoms with E-state index in [1.807, 2.05) is 0 Å². The Hall–Kier alpha value is -2.99. The molecule has 10 nitrogen and oxygen atoms in total. The zero-order chi connectivity index (χ0) is 22.9. The molecule has 1 atom stereocenters. The lowest BCUT2D eigenvalue weighted by Gasteiger charge is -2.16. The molecule has 1 aromatic heterocycles. The molecule has 2 heterocycles. The number of hydrogen-bond acceptors (Lipinski definition) is 6. The normalized spacial score (nSPS) is 17.5. The minimum absolute atomic E-state index is 0.0463. The van der Waals surface area contributed by atoms with Crippen molar-refractivity contribution >= 4 is 27.8 Å². The molecule has 1 saturated carbocycles. The van der Waals surface area contributed by atoms with Crippen molar-refractivity contribution in [2.45, 2.75) is 32.4 Å². The van der Waals surface area contributed by atoms with Gasteiger partial charge in [-0.25, -0.2) is 22.3 Å². The number of nitrogens with one attached hydrogen (secondary N) is 2. The molecule has 1 aromatic carbocycles. The molecule has 0 radical (unpaired) electrons. The predicted molar refractivity (Wildman–Crippen MR) is 113 cm³/mol. The van der Waals surface area contributed by atoms with E-state index >= 15 is 0 Å². The standard InChI is InChI=1S/C20H24FN5O5S/c1-13(15-4-5-16(21)17(10-15)31-12-14-2-3-14)24-32(29,30)9-8-25-7-6-18(23-25)26-11-19(27)22-20(26)28/h4-7,10,13-14,24H,2-3,8-9,11-12H2,1H3,(H,22,27,28). The average molecular weight is 466 g/mol. The SMILES string of the molecule is CC(NS(=O)(=O)CCn1ccc(N2CC(=O)NC2=O)n1)c1ccc(F)c(OCC2CC2)c1. The maximum absolute atomic E-state index is 14.0. The van der Waals surface area contributed by atoms with Crippen LogP contribution in [0, 0.1) is 11.7 Å². The van der Waals surface area contributed by atoms with E-state index in [4.69, 9.17) is 4.74 Å². The summed E-state index contributed by atoms with van der Waals surface area (Å²) in [6.07, 6.45) is 3.70. The molecule has 32 heavy (non-hydrogen) atoms. The van der Waals surface area contributed by atoms with Crippen LogP contribution < -0.4 is 19.7 Å². The molecule has 0 bridgehead atoms. The fourth-order valence-electron chi connectivity index (χ4n) is 3.25. The highest BCUT2D eigenvalue weighted by Gasteiger charge is 2.29. The molecular weight excluding hydrogens is 441 g/mol. The van der Waals surface area contributed by atoms with Gasteiger partial charge in [-0.2, -0.15) is 5.10 Å². The Labute approximate surface area is 184 Å². The number of rotatable bonds is 10. The number of aromatic nitrogens is 2. The number of nitrogens with zero attached hydrogens (tertiary/aromatic N) is 3. The van der Waals surface area contributed by atoms with Gasteiger partial charge < -0.3 is 4.74 Å². The molecular formula is C20H24FN5O5S. The maximum Gasteiger partial charge on any atom is 0.330 e. The Morgan fingerprint density at radius 1 is 1.31 bits per heavy atom. The number of aryl methyl sites for hydroxylation is 1. The third kappa shape index (κ3) is 5.43. The van der Waals surface area contributed by atoms with Crippen LogP contribution in [0.1, 0.15) is 31.4 Å². The minimum Gasteiger partial charge on any atom is -0.490 e. The van der Waals surface area contributed by atoms with Crippen LogP contribution >= 0.6 is 0 Å². The number of anilines is 1. The van der Waals surface area contributed by atoms with Crippen LogP contribution in [-0.2, 0) is 21.4 Å². The number of benzene rings is 1. The highest BCUT2D eigenvalue weighted by Crippen LogP contribution is 2.31. The summed E-state index contributed by atoms with van der Waals surface area (Å²) in [5.74, 6) is -0.307. The van der Waals surface area contributed by atoms with Crippen molar-refractivity contribution in [2.24, 2.45) is 5.92 Å². The minimum atomic E-state index is -3.69. The number of sulfonamides is 1. The van der Waals surface area contributed by atoms with Crippen LogP contribution in [0.3, 0.4) is 0 Å². The summed E-state index contributed by atoms with van der Waals surface area (Å²) in [5, 5.41) is 6.31. The van der Waals surface area contributed by atoms with Gasteiger partial charge in [-0.1, -0.05) is 6.07 Å². The lowest BCUT2D eigenvalue weighted by atomic mass is 10.1. The number of amides is 3. The summed E-state index contributed by atoms with van der Waals surface area (Å²) in [5.41, 5.74) is 0.590. The average Bonchev–Trinajstić information content (AvgIpc) is 3.33. The maximum atomic E-state index is 14.0. The van der Waals surface area contributed by atoms with Gasteiger partial charge in [0.05, 0.1) is 18.9 Å². The highest BCUT2D eigenvalue weighted by molar-refractivity contribution is 7.89. The van der Waals surface area contributed by atoms with E-state index in [0.717, 1.165) is 12.8 Å². The molecule has 4 rings (SSSR count). The van der Waals surface area contributed by atoms with Gasteiger partial charge in [0, 0.05) is 18.3 Å². The third-order valence-electron chi connectivity index (χ3n) is 5.27. The van der Waals surface area contributed by atoms with Crippen LogP contribution in [0.5, 0.6) is 5.75 Å². The molecule has 1 unspecified atom stereocenters. The lowest BCUT2D eigenvalue weighted by molar-refractivity contribution is -0.117. The zero-order valence-corrected chi connectivity index (χ0v) is 18.3. The second kappa shape index (κ2) is 8.87. The van der Waals surface area contributed by atoms with Gasteiger partial charge in [0.2, 0.25) is 15.9 Å². The van der Waals surface area contributed by atoms with E-state index in [1.54, 1.807) is 6.92 Å². The van der Waals surface area contributed by atoms with Crippen LogP contribution in [-0.4, -0.2) is 49.0 Å². The predicted octanol–water partition coefficient (Wildman–Crippen LogP) is 1.55. The Balaban J connectivity index is 1.33. The molecule has 1 saturated heterocycles. The Morgan fingerprint density at radius 2 is 2.09 bits per heavy atom. The molecule has 12 heteroatoms. The van der Waals surface area contributed by atoms with E-state index < -0.39 is 33.8 Å². The second-order valence-corrected chi connectivity index (χ2v) is 9.85. The van der Waals surface area contributed by atoms with E-state index in [2.05, 4.69) is 15.1 Å². The number of carbonyl (C=O) groups excluding carboxylic acids is 2. The van der Waals surface area contributed by atoms with Crippen molar-refractivity contribution in [2.75, 3.05) is 23.8 Å². The van der Waals surface area contributed by atoms with Gasteiger partial charge in [0.25, 0.3) is 0 Å². The van der Waals surface area contributed by atoms with Crippen molar-refractivity contribution < 1.29 is 27.1 Å². The highest BCUT2D eigenvalue weighted by atomic mass is 32.2. The Bertz CT molecular complexity index is 1130. The van der Waals surface area contributed by atoms with Gasteiger partial charge >= 0.3 is 6.03 Å². The number of hydrogen-bond donors (Lipinski definition) is 2. The first-order valence-electron chi connectivity index (χ1n) is 10.3. The summed E-state index contributed by atoms with van der Waals surface area (Å²) in [4.78, 5) is 24.2. The molecule has 3 amide bonds. The fraction of sp³-hybridized carbons (Fsp3) is 0.450. The molecule has 1 aliphatic carbocycles. The number of imide groups is 1. The first kappa shape index (κ1) is 22.2. The monoisotopic (exact) mass is 465 g/mol. The van der Waals surface area contributed by atoms with Crippen molar-refractivity contribution in [1.29, 1.82) is 0 Å². The van der Waals surface area contributed by atoms with Gasteiger partial charge in [0.15, 0.2) is 17.4 Å².